The summed E-state index contributed by atoms with van der Waals surface area (Å²) in [7, 11) is -1.72. The van der Waals surface area contributed by atoms with Crippen LogP contribution in [0.5, 0.6) is 5.88 Å². The van der Waals surface area contributed by atoms with Crippen LogP contribution < -0.4 is 4.74 Å². The molecule has 0 N–H and O–H groups in total. The number of benzene rings is 1. The molecule has 2 aliphatic rings. The first-order chi connectivity index (χ1) is 14.1. The van der Waals surface area contributed by atoms with E-state index in [4.69, 9.17) is 4.74 Å². The van der Waals surface area contributed by atoms with Crippen molar-refractivity contribution in [3.05, 3.63) is 72.2 Å². The van der Waals surface area contributed by atoms with Crippen molar-refractivity contribution < 1.29 is 13.2 Å². The summed E-state index contributed by atoms with van der Waals surface area (Å²) in [6.45, 7) is 1.85. The number of ether oxygens (including phenoxy) is 1. The van der Waals surface area contributed by atoms with Gasteiger partial charge in [-0.05, 0) is 47.0 Å². The molecule has 4 heterocycles. The predicted molar refractivity (Wildman–Crippen MR) is 109 cm³/mol. The van der Waals surface area contributed by atoms with E-state index in [1.54, 1.807) is 31.8 Å². The molecule has 1 aromatic carbocycles. The zero-order valence-corrected chi connectivity index (χ0v) is 16.8. The lowest BCUT2D eigenvalue weighted by molar-refractivity contribution is 0.313. The van der Waals surface area contributed by atoms with Gasteiger partial charge in [0.25, 0.3) is 0 Å². The summed E-state index contributed by atoms with van der Waals surface area (Å²) in [5.74, 6) is 0.576. The molecule has 0 radical (unpaired) electrons. The molecule has 2 aliphatic heterocycles. The third-order valence-corrected chi connectivity index (χ3v) is 8.17. The van der Waals surface area contributed by atoms with Crippen LogP contribution in [0.15, 0.2) is 66.0 Å². The van der Waals surface area contributed by atoms with Crippen molar-refractivity contribution >= 4 is 9.84 Å². The predicted octanol–water partition coefficient (Wildman–Crippen LogP) is 2.91. The number of fused-ring (bicyclic) bond motifs is 3. The lowest BCUT2D eigenvalue weighted by atomic mass is 9.95. The number of pyridine rings is 2. The average Bonchev–Trinajstić information content (AvgIpc) is 3.26. The van der Waals surface area contributed by atoms with E-state index < -0.39 is 15.1 Å². The second-order valence-corrected chi connectivity index (χ2v) is 9.68. The van der Waals surface area contributed by atoms with E-state index in [-0.39, 0.29) is 5.92 Å². The van der Waals surface area contributed by atoms with Gasteiger partial charge in [-0.1, -0.05) is 12.1 Å². The highest BCUT2D eigenvalue weighted by Crippen LogP contribution is 2.46. The fourth-order valence-corrected chi connectivity index (χ4v) is 6.74. The molecule has 0 bridgehead atoms. The fraction of sp³-hybridized carbons (Fsp3) is 0.273. The third-order valence-electron chi connectivity index (χ3n) is 5.91. The van der Waals surface area contributed by atoms with E-state index in [0.717, 1.165) is 22.3 Å². The van der Waals surface area contributed by atoms with Gasteiger partial charge in [0.15, 0.2) is 9.84 Å². The van der Waals surface area contributed by atoms with Gasteiger partial charge >= 0.3 is 0 Å². The molecular weight excluding hydrogens is 386 g/mol. The first-order valence-corrected chi connectivity index (χ1v) is 11.1. The van der Waals surface area contributed by atoms with Crippen LogP contribution in [0.25, 0.3) is 11.1 Å². The van der Waals surface area contributed by atoms with Crippen LogP contribution in [0.4, 0.5) is 0 Å². The van der Waals surface area contributed by atoms with Gasteiger partial charge in [0.05, 0.1) is 17.3 Å². The Morgan fingerprint density at radius 3 is 2.69 bits per heavy atom. The van der Waals surface area contributed by atoms with Crippen LogP contribution in [0.3, 0.4) is 0 Å². The number of sulfone groups is 1. The Morgan fingerprint density at radius 2 is 1.90 bits per heavy atom. The number of hydrogen-bond donors (Lipinski definition) is 0. The molecule has 0 amide bonds. The molecule has 2 aromatic heterocycles. The highest BCUT2D eigenvalue weighted by molar-refractivity contribution is 7.92. The number of rotatable bonds is 4. The Hall–Kier alpha value is -2.77. The van der Waals surface area contributed by atoms with Gasteiger partial charge in [-0.25, -0.2) is 13.4 Å². The highest BCUT2D eigenvalue weighted by atomic mass is 32.2. The zero-order valence-electron chi connectivity index (χ0n) is 16.0. The summed E-state index contributed by atoms with van der Waals surface area (Å²) < 4.78 is 31.7. The average molecular weight is 407 g/mol. The van der Waals surface area contributed by atoms with Crippen LogP contribution in [-0.4, -0.2) is 48.7 Å². The Balaban J connectivity index is 1.47. The Kier molecular flexibility index (Phi) is 4.37. The van der Waals surface area contributed by atoms with Gasteiger partial charge in [-0.2, -0.15) is 0 Å². The number of hydrogen-bond acceptors (Lipinski definition) is 6. The smallest absolute Gasteiger partial charge is 0.217 e. The minimum absolute atomic E-state index is 0.0144. The van der Waals surface area contributed by atoms with E-state index in [1.165, 1.54) is 0 Å². The Bertz CT molecular complexity index is 1160. The van der Waals surface area contributed by atoms with Crippen molar-refractivity contribution in [1.29, 1.82) is 0 Å². The molecule has 0 aliphatic carbocycles. The number of likely N-dealkylation sites (tertiary alicyclic amines) is 1. The van der Waals surface area contributed by atoms with Crippen molar-refractivity contribution in [2.75, 3.05) is 20.2 Å². The largest absolute Gasteiger partial charge is 0.481 e. The number of nitrogens with zero attached hydrogens (tertiary/aromatic N) is 3. The highest BCUT2D eigenvalue weighted by Gasteiger charge is 2.50. The summed E-state index contributed by atoms with van der Waals surface area (Å²) >= 11 is 0. The third kappa shape index (κ3) is 3.01. The molecule has 6 nitrogen and oxygen atoms in total. The van der Waals surface area contributed by atoms with Crippen LogP contribution in [0.1, 0.15) is 17.0 Å². The van der Waals surface area contributed by atoms with Crippen molar-refractivity contribution in [1.82, 2.24) is 14.9 Å². The molecule has 148 valence electrons. The van der Waals surface area contributed by atoms with Gasteiger partial charge in [0.2, 0.25) is 5.88 Å². The van der Waals surface area contributed by atoms with E-state index >= 15 is 0 Å². The normalized spacial score (nSPS) is 22.2. The summed E-state index contributed by atoms with van der Waals surface area (Å²) in [5.41, 5.74) is 3.97. The second-order valence-electron chi connectivity index (χ2n) is 7.54. The van der Waals surface area contributed by atoms with Gasteiger partial charge < -0.3 is 4.74 Å². The summed E-state index contributed by atoms with van der Waals surface area (Å²) in [4.78, 5) is 11.0. The summed E-state index contributed by atoms with van der Waals surface area (Å²) in [5, 5.41) is -0.396. The molecule has 29 heavy (non-hydrogen) atoms. The van der Waals surface area contributed by atoms with Crippen molar-refractivity contribution in [2.45, 2.75) is 22.6 Å². The van der Waals surface area contributed by atoms with Gasteiger partial charge in [0, 0.05) is 49.7 Å². The summed E-state index contributed by atoms with van der Waals surface area (Å²) in [6, 6.07) is 13.4. The van der Waals surface area contributed by atoms with E-state index in [0.29, 0.717) is 30.4 Å². The Labute approximate surface area is 170 Å². The van der Waals surface area contributed by atoms with E-state index in [1.807, 2.05) is 36.4 Å². The van der Waals surface area contributed by atoms with Crippen LogP contribution in [-0.2, 0) is 16.4 Å². The van der Waals surface area contributed by atoms with Gasteiger partial charge in [0.1, 0.15) is 0 Å². The minimum atomic E-state index is -3.32. The van der Waals surface area contributed by atoms with Gasteiger partial charge in [-0.15, -0.1) is 0 Å². The van der Waals surface area contributed by atoms with Crippen molar-refractivity contribution in [3.8, 4) is 17.0 Å². The molecule has 0 saturated carbocycles. The number of aromatic nitrogens is 2. The second kappa shape index (κ2) is 6.93. The topological polar surface area (TPSA) is 72.4 Å². The van der Waals surface area contributed by atoms with Crippen LogP contribution in [0.2, 0.25) is 0 Å². The van der Waals surface area contributed by atoms with Gasteiger partial charge in [-0.3, -0.25) is 9.88 Å². The molecule has 0 spiro atoms. The quantitative estimate of drug-likeness (QED) is 0.662. The van der Waals surface area contributed by atoms with E-state index in [2.05, 4.69) is 14.9 Å². The monoisotopic (exact) mass is 407 g/mol. The van der Waals surface area contributed by atoms with Crippen molar-refractivity contribution in [3.63, 3.8) is 0 Å². The lowest BCUT2D eigenvalue weighted by Gasteiger charge is -2.18. The minimum Gasteiger partial charge on any atom is -0.481 e. The van der Waals surface area contributed by atoms with E-state index in [9.17, 15) is 8.42 Å². The van der Waals surface area contributed by atoms with Crippen molar-refractivity contribution in [2.24, 2.45) is 0 Å². The first-order valence-electron chi connectivity index (χ1n) is 9.56. The maximum atomic E-state index is 13.2. The molecule has 0 unspecified atom stereocenters. The maximum Gasteiger partial charge on any atom is 0.217 e. The molecule has 7 heteroatoms. The van der Waals surface area contributed by atoms with Crippen LogP contribution >= 0.6 is 0 Å². The number of methoxy groups -OCH3 is 1. The Morgan fingerprint density at radius 1 is 1.07 bits per heavy atom. The molecular formula is C22H21N3O3S. The first kappa shape index (κ1) is 18.3. The fourth-order valence-electron chi connectivity index (χ4n) is 4.55. The lowest BCUT2D eigenvalue weighted by Crippen LogP contribution is -2.26. The molecule has 1 saturated heterocycles. The van der Waals surface area contributed by atoms with Crippen LogP contribution in [0, 0.1) is 0 Å². The summed E-state index contributed by atoms with van der Waals surface area (Å²) in [6.07, 6.45) is 5.20. The maximum absolute atomic E-state index is 13.2. The molecule has 3 aromatic rings. The SMILES string of the molecule is COc1ncccc1CN1C[C@H]2c3cc(-c4ccncc4)ccc3S(=O)(=O)[C@H]2C1. The molecule has 5 rings (SSSR count). The molecule has 1 fully saturated rings. The zero-order chi connectivity index (χ0) is 20.0. The standard InChI is InChI=1S/C22H21N3O3S/c1-28-22-17(3-2-8-24-22)12-25-13-19-18-11-16(15-6-9-23-10-7-15)4-5-20(18)29(26,27)21(19)14-25/h2-11,19,21H,12-14H2,1H3/t19-,21-/m0/s1. The molecule has 2 atom stereocenters.